The van der Waals surface area contributed by atoms with Crippen molar-refractivity contribution in [3.63, 3.8) is 0 Å². The van der Waals surface area contributed by atoms with Gasteiger partial charge in [0.1, 0.15) is 11.3 Å². The molecule has 0 aromatic heterocycles. The summed E-state index contributed by atoms with van der Waals surface area (Å²) in [5, 5.41) is 4.67. The van der Waals surface area contributed by atoms with Crippen molar-refractivity contribution in [2.75, 3.05) is 13.7 Å². The molecule has 3 rings (SSSR count). The van der Waals surface area contributed by atoms with Gasteiger partial charge in [0.2, 0.25) is 0 Å². The summed E-state index contributed by atoms with van der Waals surface area (Å²) < 4.78 is 10.5. The molecule has 0 heterocycles. The minimum atomic E-state index is -0.597. The van der Waals surface area contributed by atoms with E-state index in [9.17, 15) is 9.59 Å². The highest BCUT2D eigenvalue weighted by Crippen LogP contribution is 2.26. The molecule has 0 radical (unpaired) electrons. The molecule has 1 amide bonds. The van der Waals surface area contributed by atoms with Crippen molar-refractivity contribution in [3.05, 3.63) is 77.9 Å². The zero-order chi connectivity index (χ0) is 19.2. The van der Waals surface area contributed by atoms with Crippen molar-refractivity contribution in [1.29, 1.82) is 0 Å². The van der Waals surface area contributed by atoms with Crippen molar-refractivity contribution in [3.8, 4) is 5.75 Å². The molecule has 3 aromatic carbocycles. The fourth-order valence-electron chi connectivity index (χ4n) is 2.86. The maximum atomic E-state index is 12.4. The lowest BCUT2D eigenvalue weighted by Crippen LogP contribution is -2.31. The van der Waals surface area contributed by atoms with Crippen LogP contribution in [0.1, 0.15) is 28.9 Å². The fourth-order valence-corrected chi connectivity index (χ4v) is 2.86. The predicted molar refractivity (Wildman–Crippen MR) is 104 cm³/mol. The summed E-state index contributed by atoms with van der Waals surface area (Å²) in [5.41, 5.74) is 1.27. The minimum absolute atomic E-state index is 0.174. The molecule has 5 heteroatoms. The monoisotopic (exact) mass is 363 g/mol. The number of rotatable bonds is 6. The first kappa shape index (κ1) is 18.5. The van der Waals surface area contributed by atoms with Crippen LogP contribution in [-0.4, -0.2) is 25.6 Å². The summed E-state index contributed by atoms with van der Waals surface area (Å²) in [6, 6.07) is 20.5. The third-order valence-corrected chi connectivity index (χ3v) is 4.30. The molecular formula is C22H21NO4. The fraction of sp³-hybridized carbons (Fsp3) is 0.182. The van der Waals surface area contributed by atoms with E-state index < -0.39 is 5.97 Å². The number of hydrogen-bond acceptors (Lipinski definition) is 4. The van der Waals surface area contributed by atoms with Gasteiger partial charge < -0.3 is 14.8 Å². The molecule has 1 unspecified atom stereocenters. The van der Waals surface area contributed by atoms with Gasteiger partial charge in [-0.3, -0.25) is 4.79 Å². The van der Waals surface area contributed by atoms with E-state index in [1.165, 1.54) is 7.11 Å². The molecule has 5 nitrogen and oxygen atoms in total. The standard InChI is InChI=1S/C22H21NO4/c1-15(16-8-4-3-5-9-16)23-21(24)14-27-22(25)19-12-17-10-6-7-11-18(17)13-20(19)26-2/h3-13,15H,14H2,1-2H3,(H,23,24). The second-order valence-electron chi connectivity index (χ2n) is 6.18. The number of nitrogens with one attached hydrogen (secondary N) is 1. The van der Waals surface area contributed by atoms with Crippen LogP contribution in [0.5, 0.6) is 5.75 Å². The number of methoxy groups -OCH3 is 1. The Balaban J connectivity index is 1.65. The van der Waals surface area contributed by atoms with Gasteiger partial charge in [-0.1, -0.05) is 54.6 Å². The van der Waals surface area contributed by atoms with Crippen LogP contribution in [0, 0.1) is 0 Å². The van der Waals surface area contributed by atoms with Crippen molar-refractivity contribution >= 4 is 22.6 Å². The Bertz CT molecular complexity index is 953. The van der Waals surface area contributed by atoms with Gasteiger partial charge in [-0.25, -0.2) is 4.79 Å². The summed E-state index contributed by atoms with van der Waals surface area (Å²) in [4.78, 5) is 24.6. The van der Waals surface area contributed by atoms with Gasteiger partial charge in [0, 0.05) is 0 Å². The number of benzene rings is 3. The third-order valence-electron chi connectivity index (χ3n) is 4.30. The van der Waals surface area contributed by atoms with E-state index in [0.29, 0.717) is 11.3 Å². The molecule has 1 N–H and O–H groups in total. The van der Waals surface area contributed by atoms with Crippen LogP contribution in [-0.2, 0) is 9.53 Å². The van der Waals surface area contributed by atoms with Gasteiger partial charge in [0.25, 0.3) is 5.91 Å². The topological polar surface area (TPSA) is 64.6 Å². The number of fused-ring (bicyclic) bond motifs is 1. The Hall–Kier alpha value is -3.34. The van der Waals surface area contributed by atoms with Gasteiger partial charge in [-0.2, -0.15) is 0 Å². The Kier molecular flexibility index (Phi) is 5.71. The lowest BCUT2D eigenvalue weighted by atomic mass is 10.1. The largest absolute Gasteiger partial charge is 0.496 e. The third kappa shape index (κ3) is 4.44. The van der Waals surface area contributed by atoms with Crippen molar-refractivity contribution < 1.29 is 19.1 Å². The van der Waals surface area contributed by atoms with Crippen LogP contribution in [0.3, 0.4) is 0 Å². The molecule has 0 fully saturated rings. The summed E-state index contributed by atoms with van der Waals surface area (Å²) in [6.45, 7) is 1.52. The molecule has 3 aromatic rings. The second-order valence-corrected chi connectivity index (χ2v) is 6.18. The molecule has 0 aliphatic heterocycles. The summed E-state index contributed by atoms with van der Waals surface area (Å²) in [5.74, 6) is -0.545. The number of amides is 1. The van der Waals surface area contributed by atoms with Crippen molar-refractivity contribution in [1.82, 2.24) is 5.32 Å². The molecular weight excluding hydrogens is 342 g/mol. The number of ether oxygens (including phenoxy) is 2. The van der Waals surface area contributed by atoms with E-state index in [-0.39, 0.29) is 18.6 Å². The first-order chi connectivity index (χ1) is 13.1. The van der Waals surface area contributed by atoms with Crippen LogP contribution in [0.2, 0.25) is 0 Å². The zero-order valence-electron chi connectivity index (χ0n) is 15.3. The minimum Gasteiger partial charge on any atom is -0.496 e. The Morgan fingerprint density at radius 1 is 0.963 bits per heavy atom. The van der Waals surface area contributed by atoms with Crippen molar-refractivity contribution in [2.45, 2.75) is 13.0 Å². The van der Waals surface area contributed by atoms with E-state index in [4.69, 9.17) is 9.47 Å². The van der Waals surface area contributed by atoms with Crippen LogP contribution >= 0.6 is 0 Å². The van der Waals surface area contributed by atoms with Crippen LogP contribution in [0.25, 0.3) is 10.8 Å². The lowest BCUT2D eigenvalue weighted by molar-refractivity contribution is -0.124. The van der Waals surface area contributed by atoms with Crippen LogP contribution in [0.4, 0.5) is 0 Å². The smallest absolute Gasteiger partial charge is 0.342 e. The SMILES string of the molecule is COc1cc2ccccc2cc1C(=O)OCC(=O)NC(C)c1ccccc1. The van der Waals surface area contributed by atoms with Gasteiger partial charge in [-0.15, -0.1) is 0 Å². The first-order valence-corrected chi connectivity index (χ1v) is 8.66. The van der Waals surface area contributed by atoms with Gasteiger partial charge in [-0.05, 0) is 35.4 Å². The Morgan fingerprint density at radius 2 is 1.59 bits per heavy atom. The average molecular weight is 363 g/mol. The van der Waals surface area contributed by atoms with E-state index in [0.717, 1.165) is 16.3 Å². The number of esters is 1. The highest BCUT2D eigenvalue weighted by molar-refractivity contribution is 5.99. The lowest BCUT2D eigenvalue weighted by Gasteiger charge is -2.15. The van der Waals surface area contributed by atoms with Crippen LogP contribution in [0.15, 0.2) is 66.7 Å². The molecule has 138 valence electrons. The van der Waals surface area contributed by atoms with Gasteiger partial charge in [0.15, 0.2) is 6.61 Å². The number of carbonyl (C=O) groups is 2. The maximum absolute atomic E-state index is 12.4. The highest BCUT2D eigenvalue weighted by atomic mass is 16.5. The molecule has 0 saturated heterocycles. The Morgan fingerprint density at radius 3 is 2.26 bits per heavy atom. The molecule has 0 bridgehead atoms. The summed E-state index contributed by atoms with van der Waals surface area (Å²) >= 11 is 0. The maximum Gasteiger partial charge on any atom is 0.342 e. The first-order valence-electron chi connectivity index (χ1n) is 8.66. The zero-order valence-corrected chi connectivity index (χ0v) is 15.3. The molecule has 0 aliphatic carbocycles. The van der Waals surface area contributed by atoms with Crippen molar-refractivity contribution in [2.24, 2.45) is 0 Å². The number of hydrogen-bond donors (Lipinski definition) is 1. The van der Waals surface area contributed by atoms with E-state index in [1.807, 2.05) is 61.5 Å². The molecule has 0 aliphatic rings. The molecule has 1 atom stereocenters. The van der Waals surface area contributed by atoms with E-state index in [2.05, 4.69) is 5.32 Å². The van der Waals surface area contributed by atoms with Gasteiger partial charge in [0.05, 0.1) is 13.2 Å². The highest BCUT2D eigenvalue weighted by Gasteiger charge is 2.17. The van der Waals surface area contributed by atoms with Gasteiger partial charge >= 0.3 is 5.97 Å². The Labute approximate surface area is 157 Å². The van der Waals surface area contributed by atoms with E-state index in [1.54, 1.807) is 12.1 Å². The normalized spacial score (nSPS) is 11.6. The number of carbonyl (C=O) groups excluding carboxylic acids is 2. The second kappa shape index (κ2) is 8.36. The molecule has 27 heavy (non-hydrogen) atoms. The average Bonchev–Trinajstić information content (AvgIpc) is 2.71. The summed E-state index contributed by atoms with van der Waals surface area (Å²) in [7, 11) is 1.50. The molecule has 0 spiro atoms. The summed E-state index contributed by atoms with van der Waals surface area (Å²) in [6.07, 6.45) is 0. The quantitative estimate of drug-likeness (QED) is 0.675. The predicted octanol–water partition coefficient (Wildman–Crippen LogP) is 3.88. The molecule has 0 saturated carbocycles. The van der Waals surface area contributed by atoms with E-state index >= 15 is 0 Å². The van der Waals surface area contributed by atoms with Crippen LogP contribution < -0.4 is 10.1 Å².